The van der Waals surface area contributed by atoms with Gasteiger partial charge in [-0.15, -0.1) is 0 Å². The van der Waals surface area contributed by atoms with Gasteiger partial charge in [0.1, 0.15) is 0 Å². The lowest BCUT2D eigenvalue weighted by Crippen LogP contribution is -2.27. The molecule has 0 bridgehead atoms. The van der Waals surface area contributed by atoms with Gasteiger partial charge in [-0.25, -0.2) is 13.1 Å². The minimum atomic E-state index is -3.62. The quantitative estimate of drug-likeness (QED) is 0.787. The van der Waals surface area contributed by atoms with Crippen LogP contribution in [0.25, 0.3) is 0 Å². The molecule has 2 N–H and O–H groups in total. The molecule has 2 aromatic rings. The van der Waals surface area contributed by atoms with E-state index < -0.39 is 10.0 Å². The number of carbonyl (C=O) groups is 1. The Morgan fingerprint density at radius 1 is 1.13 bits per heavy atom. The van der Waals surface area contributed by atoms with Crippen molar-refractivity contribution in [3.8, 4) is 0 Å². The van der Waals surface area contributed by atoms with E-state index >= 15 is 0 Å². The molecule has 0 spiro atoms. The summed E-state index contributed by atoms with van der Waals surface area (Å²) in [6.45, 7) is 1.99. The summed E-state index contributed by atoms with van der Waals surface area (Å²) in [6, 6.07) is 13.8. The number of carbonyl (C=O) groups excluding carboxylic acids is 1. The standard InChI is InChI=1S/C16H17BrN2O3S/c1-12-5-7-14(8-6-12)19-16(20)9-10-18-23(21,22)15-4-2-3-13(17)11-15/h2-8,11,18H,9-10H2,1H3,(H,19,20). The van der Waals surface area contributed by atoms with Gasteiger partial charge in [0.2, 0.25) is 15.9 Å². The Kier molecular flexibility index (Phi) is 5.92. The van der Waals surface area contributed by atoms with Crippen molar-refractivity contribution in [3.05, 3.63) is 58.6 Å². The van der Waals surface area contributed by atoms with E-state index in [0.717, 1.165) is 5.56 Å². The van der Waals surface area contributed by atoms with Crippen molar-refractivity contribution in [2.24, 2.45) is 0 Å². The highest BCUT2D eigenvalue weighted by Gasteiger charge is 2.14. The molecule has 0 saturated carbocycles. The van der Waals surface area contributed by atoms with Crippen LogP contribution in [0.1, 0.15) is 12.0 Å². The first kappa shape index (κ1) is 17.7. The zero-order valence-electron chi connectivity index (χ0n) is 12.5. The van der Waals surface area contributed by atoms with Gasteiger partial charge in [0.05, 0.1) is 4.90 Å². The van der Waals surface area contributed by atoms with Crippen LogP contribution in [0.5, 0.6) is 0 Å². The number of benzene rings is 2. The summed E-state index contributed by atoms with van der Waals surface area (Å²) in [5, 5.41) is 2.72. The highest BCUT2D eigenvalue weighted by Crippen LogP contribution is 2.15. The molecular weight excluding hydrogens is 380 g/mol. The van der Waals surface area contributed by atoms with Crippen LogP contribution in [0.2, 0.25) is 0 Å². The van der Waals surface area contributed by atoms with E-state index in [0.29, 0.717) is 10.2 Å². The van der Waals surface area contributed by atoms with Crippen LogP contribution in [0.15, 0.2) is 57.9 Å². The first-order chi connectivity index (χ1) is 10.9. The van der Waals surface area contributed by atoms with Crippen molar-refractivity contribution in [2.75, 3.05) is 11.9 Å². The summed E-state index contributed by atoms with van der Waals surface area (Å²) in [5.74, 6) is -0.245. The minimum Gasteiger partial charge on any atom is -0.326 e. The van der Waals surface area contributed by atoms with Gasteiger partial charge in [-0.1, -0.05) is 39.7 Å². The van der Waals surface area contributed by atoms with E-state index in [4.69, 9.17) is 0 Å². The van der Waals surface area contributed by atoms with Crippen LogP contribution in [0, 0.1) is 6.92 Å². The maximum atomic E-state index is 12.1. The molecule has 0 unspecified atom stereocenters. The van der Waals surface area contributed by atoms with E-state index in [1.165, 1.54) is 12.1 Å². The van der Waals surface area contributed by atoms with Gasteiger partial charge in [-0.2, -0.15) is 0 Å². The molecule has 0 aliphatic rings. The second kappa shape index (κ2) is 7.72. The average Bonchev–Trinajstić information content (AvgIpc) is 2.49. The van der Waals surface area contributed by atoms with Gasteiger partial charge in [0.15, 0.2) is 0 Å². The molecule has 0 atom stereocenters. The van der Waals surface area contributed by atoms with E-state index in [2.05, 4.69) is 26.0 Å². The van der Waals surface area contributed by atoms with Gasteiger partial charge < -0.3 is 5.32 Å². The van der Waals surface area contributed by atoms with Crippen LogP contribution >= 0.6 is 15.9 Å². The van der Waals surface area contributed by atoms with Gasteiger partial charge in [-0.05, 0) is 37.3 Å². The predicted molar refractivity (Wildman–Crippen MR) is 93.8 cm³/mol. The summed E-state index contributed by atoms with van der Waals surface area (Å²) in [6.07, 6.45) is 0.0567. The number of hydrogen-bond acceptors (Lipinski definition) is 3. The predicted octanol–water partition coefficient (Wildman–Crippen LogP) is 3.06. The lowest BCUT2D eigenvalue weighted by Gasteiger charge is -2.08. The molecule has 0 aliphatic carbocycles. The number of sulfonamides is 1. The molecule has 122 valence electrons. The normalized spacial score (nSPS) is 11.2. The molecule has 0 heterocycles. The van der Waals surface area contributed by atoms with Crippen LogP contribution in [0.4, 0.5) is 5.69 Å². The second-order valence-electron chi connectivity index (χ2n) is 5.02. The van der Waals surface area contributed by atoms with Crippen molar-refractivity contribution in [1.29, 1.82) is 0 Å². The molecule has 2 rings (SSSR count). The van der Waals surface area contributed by atoms with E-state index in [-0.39, 0.29) is 23.8 Å². The first-order valence-electron chi connectivity index (χ1n) is 6.98. The third-order valence-corrected chi connectivity index (χ3v) is 5.04. The van der Waals surface area contributed by atoms with E-state index in [1.54, 1.807) is 24.3 Å². The molecule has 0 radical (unpaired) electrons. The number of anilines is 1. The summed E-state index contributed by atoms with van der Waals surface area (Å²) < 4.78 is 27.3. The van der Waals surface area contributed by atoms with Gasteiger partial charge in [0.25, 0.3) is 0 Å². The summed E-state index contributed by atoms with van der Waals surface area (Å²) in [7, 11) is -3.62. The molecule has 23 heavy (non-hydrogen) atoms. The maximum Gasteiger partial charge on any atom is 0.240 e. The van der Waals surface area contributed by atoms with Gasteiger partial charge in [-0.3, -0.25) is 4.79 Å². The highest BCUT2D eigenvalue weighted by atomic mass is 79.9. The van der Waals surface area contributed by atoms with E-state index in [1.807, 2.05) is 19.1 Å². The number of rotatable bonds is 6. The Morgan fingerprint density at radius 3 is 2.48 bits per heavy atom. The third kappa shape index (κ3) is 5.46. The molecule has 7 heteroatoms. The first-order valence-corrected chi connectivity index (χ1v) is 9.26. The monoisotopic (exact) mass is 396 g/mol. The van der Waals surface area contributed by atoms with Crippen molar-refractivity contribution in [1.82, 2.24) is 4.72 Å². The fraction of sp³-hybridized carbons (Fsp3) is 0.188. The number of halogens is 1. The number of nitrogens with one attached hydrogen (secondary N) is 2. The maximum absolute atomic E-state index is 12.1. The van der Waals surface area contributed by atoms with Crippen LogP contribution in [0.3, 0.4) is 0 Å². The Balaban J connectivity index is 1.86. The Hall–Kier alpha value is -1.70. The molecule has 0 aliphatic heterocycles. The third-order valence-electron chi connectivity index (χ3n) is 3.09. The van der Waals surface area contributed by atoms with Gasteiger partial charge in [0, 0.05) is 23.1 Å². The summed E-state index contributed by atoms with van der Waals surface area (Å²) in [4.78, 5) is 12.0. The van der Waals surface area contributed by atoms with Crippen LogP contribution in [-0.4, -0.2) is 20.9 Å². The van der Waals surface area contributed by atoms with Gasteiger partial charge >= 0.3 is 0 Å². The molecule has 0 saturated heterocycles. The zero-order valence-corrected chi connectivity index (χ0v) is 14.9. The minimum absolute atomic E-state index is 0.0343. The molecule has 5 nitrogen and oxygen atoms in total. The Labute approximate surface area is 144 Å². The summed E-state index contributed by atoms with van der Waals surface area (Å²) >= 11 is 3.23. The number of hydrogen-bond donors (Lipinski definition) is 2. The van der Waals surface area contributed by atoms with Crippen LogP contribution < -0.4 is 10.0 Å². The fourth-order valence-electron chi connectivity index (χ4n) is 1.88. The fourth-order valence-corrected chi connectivity index (χ4v) is 3.50. The lowest BCUT2D eigenvalue weighted by molar-refractivity contribution is -0.116. The lowest BCUT2D eigenvalue weighted by atomic mass is 10.2. The van der Waals surface area contributed by atoms with Crippen molar-refractivity contribution in [3.63, 3.8) is 0 Å². The molecule has 0 fully saturated rings. The average molecular weight is 397 g/mol. The van der Waals surface area contributed by atoms with Crippen LogP contribution in [-0.2, 0) is 14.8 Å². The SMILES string of the molecule is Cc1ccc(NC(=O)CCNS(=O)(=O)c2cccc(Br)c2)cc1. The van der Waals surface area contributed by atoms with E-state index in [9.17, 15) is 13.2 Å². The van der Waals surface area contributed by atoms with Crippen molar-refractivity contribution >= 4 is 37.5 Å². The topological polar surface area (TPSA) is 75.3 Å². The largest absolute Gasteiger partial charge is 0.326 e. The van der Waals surface area contributed by atoms with Crippen molar-refractivity contribution < 1.29 is 13.2 Å². The molecule has 2 aromatic carbocycles. The molecular formula is C16H17BrN2O3S. The second-order valence-corrected chi connectivity index (χ2v) is 7.70. The molecule has 0 aromatic heterocycles. The highest BCUT2D eigenvalue weighted by molar-refractivity contribution is 9.10. The Morgan fingerprint density at radius 2 is 1.83 bits per heavy atom. The number of aryl methyl sites for hydroxylation is 1. The summed E-state index contributed by atoms with van der Waals surface area (Å²) in [5.41, 5.74) is 1.79. The Bertz CT molecular complexity index is 789. The van der Waals surface area contributed by atoms with Crippen molar-refractivity contribution in [2.45, 2.75) is 18.2 Å². The number of amides is 1. The zero-order chi connectivity index (χ0) is 16.9. The smallest absolute Gasteiger partial charge is 0.240 e. The molecule has 1 amide bonds.